The lowest BCUT2D eigenvalue weighted by molar-refractivity contribution is 0.332. The molecule has 0 aliphatic heterocycles. The standard InChI is InChI=1S/C72H86/c1-12-23-65(67-31-22-26-56(9)50-67)51-68(42-41-61(16-5)70-32-20-18-28-58(70)11)71(44-43-59(14-3)66-30-21-25-55(8)49-66)72(48-46-62-29-19-17-27-57(62)10,47-45-60(15-4)63-37-33-53(6)34-38-63)52-69(24-13-2)64-39-35-54(7)36-40-64/h12-14,16-22,25-40,45,47,49-50,59-61,65,69H,1-3,5,15,23-24,41-44,46,48,51-52H2,4,6-11H3. The van der Waals surface area contributed by atoms with Gasteiger partial charge in [-0.15, -0.1) is 26.3 Å². The Morgan fingerprint density at radius 1 is 0.514 bits per heavy atom. The van der Waals surface area contributed by atoms with Crippen LogP contribution in [0.2, 0.25) is 0 Å². The third-order valence-electron chi connectivity index (χ3n) is 15.9. The van der Waals surface area contributed by atoms with E-state index >= 15 is 0 Å². The van der Waals surface area contributed by atoms with Crippen LogP contribution in [-0.4, -0.2) is 0 Å². The third kappa shape index (κ3) is 15.1. The van der Waals surface area contributed by atoms with Crippen LogP contribution >= 0.6 is 0 Å². The summed E-state index contributed by atoms with van der Waals surface area (Å²) in [5, 5.41) is 0. The molecule has 0 aliphatic rings. The Labute approximate surface area is 438 Å². The predicted molar refractivity (Wildman–Crippen MR) is 316 cm³/mol. The molecule has 0 amide bonds. The molecule has 0 bridgehead atoms. The van der Waals surface area contributed by atoms with Crippen molar-refractivity contribution in [1.29, 1.82) is 0 Å². The van der Waals surface area contributed by atoms with E-state index in [1.807, 2.05) is 0 Å². The van der Waals surface area contributed by atoms with E-state index in [-0.39, 0.29) is 35.0 Å². The zero-order valence-corrected chi connectivity index (χ0v) is 45.3. The van der Waals surface area contributed by atoms with Crippen LogP contribution in [0.25, 0.3) is 0 Å². The molecule has 0 N–H and O–H groups in total. The second-order valence-electron chi connectivity index (χ2n) is 21.2. The Morgan fingerprint density at radius 2 is 1.08 bits per heavy atom. The Kier molecular flexibility index (Phi) is 21.1. The van der Waals surface area contributed by atoms with E-state index in [2.05, 4.69) is 257 Å². The van der Waals surface area contributed by atoms with Gasteiger partial charge in [-0.3, -0.25) is 0 Å². The lowest BCUT2D eigenvalue weighted by Gasteiger charge is -2.41. The molecule has 6 aromatic rings. The van der Waals surface area contributed by atoms with Gasteiger partial charge < -0.3 is 0 Å². The van der Waals surface area contributed by atoms with Crippen molar-refractivity contribution in [2.24, 2.45) is 5.41 Å². The van der Waals surface area contributed by atoms with Crippen molar-refractivity contribution in [1.82, 2.24) is 0 Å². The van der Waals surface area contributed by atoms with Gasteiger partial charge in [0, 0.05) is 23.2 Å². The first-order valence-corrected chi connectivity index (χ1v) is 27.1. The molecule has 6 rings (SSSR count). The second-order valence-corrected chi connectivity index (χ2v) is 21.2. The number of hydrogen-bond donors (Lipinski definition) is 0. The van der Waals surface area contributed by atoms with Crippen molar-refractivity contribution in [2.45, 2.75) is 149 Å². The first kappa shape index (κ1) is 55.1. The molecular weight excluding hydrogens is 865 g/mol. The van der Waals surface area contributed by atoms with Crippen LogP contribution in [0.3, 0.4) is 0 Å². The monoisotopic (exact) mass is 951 g/mol. The largest absolute Gasteiger partial charge is 0.103 e. The lowest BCUT2D eigenvalue weighted by atomic mass is 9.63. The van der Waals surface area contributed by atoms with Gasteiger partial charge in [-0.05, 0) is 169 Å². The van der Waals surface area contributed by atoms with Gasteiger partial charge in [0.25, 0.3) is 0 Å². The Balaban J connectivity index is 1.72. The van der Waals surface area contributed by atoms with Crippen LogP contribution in [0.1, 0.15) is 167 Å². The summed E-state index contributed by atoms with van der Waals surface area (Å²) in [6.45, 7) is 33.7. The molecule has 0 aromatic heterocycles. The summed E-state index contributed by atoms with van der Waals surface area (Å²) in [4.78, 5) is 0. The fraction of sp³-hybridized carbons (Fsp3) is 0.333. The van der Waals surface area contributed by atoms with Crippen LogP contribution in [-0.2, 0) is 6.42 Å². The quantitative estimate of drug-likeness (QED) is 0.0430. The number of benzene rings is 6. The third-order valence-corrected chi connectivity index (χ3v) is 15.9. The number of rotatable bonds is 28. The van der Waals surface area contributed by atoms with Crippen molar-refractivity contribution in [3.05, 3.63) is 286 Å². The van der Waals surface area contributed by atoms with Gasteiger partial charge >= 0.3 is 0 Å². The topological polar surface area (TPSA) is 0 Å². The highest BCUT2D eigenvalue weighted by Crippen LogP contribution is 2.51. The van der Waals surface area contributed by atoms with Crippen molar-refractivity contribution in [2.75, 3.05) is 0 Å². The Morgan fingerprint density at radius 3 is 1.68 bits per heavy atom. The van der Waals surface area contributed by atoms with Crippen molar-refractivity contribution in [3.63, 3.8) is 0 Å². The van der Waals surface area contributed by atoms with Gasteiger partial charge in [-0.1, -0.05) is 222 Å². The molecule has 0 saturated heterocycles. The summed E-state index contributed by atoms with van der Waals surface area (Å²) < 4.78 is 0. The lowest BCUT2D eigenvalue weighted by Crippen LogP contribution is -2.28. The first-order valence-electron chi connectivity index (χ1n) is 27.1. The zero-order chi connectivity index (χ0) is 51.5. The van der Waals surface area contributed by atoms with E-state index in [1.54, 1.807) is 11.1 Å². The van der Waals surface area contributed by atoms with E-state index < -0.39 is 0 Å². The summed E-state index contributed by atoms with van der Waals surface area (Å²) >= 11 is 0. The Hall–Kier alpha value is -6.24. The molecule has 0 heteroatoms. The number of aryl methyl sites for hydroxylation is 7. The average Bonchev–Trinajstić information content (AvgIpc) is 3.38. The van der Waals surface area contributed by atoms with E-state index in [0.717, 1.165) is 70.6 Å². The highest BCUT2D eigenvalue weighted by molar-refractivity contribution is 5.40. The molecule has 0 aliphatic carbocycles. The highest BCUT2D eigenvalue weighted by Gasteiger charge is 2.37. The summed E-state index contributed by atoms with van der Waals surface area (Å²) in [6.07, 6.45) is 24.7. The van der Waals surface area contributed by atoms with E-state index in [0.29, 0.717) is 0 Å². The van der Waals surface area contributed by atoms with E-state index in [1.165, 1.54) is 66.8 Å². The van der Waals surface area contributed by atoms with Crippen LogP contribution in [0.4, 0.5) is 0 Å². The summed E-state index contributed by atoms with van der Waals surface area (Å²) in [6, 6.07) is 55.1. The molecule has 0 nitrogen and oxygen atoms in total. The SMILES string of the molecule is C=CCC(CC(CCC(C=C)c1ccccc1C)=C(CCC(C=C)c1cccc(C)c1)C(C=CC(CC)c1ccc(C)cc1)(CCc1ccccc1C)CC(CC=C)c1ccc(C)cc1)c1cccc(C)c1. The van der Waals surface area contributed by atoms with Gasteiger partial charge in [0.15, 0.2) is 0 Å². The van der Waals surface area contributed by atoms with Crippen LogP contribution in [0.5, 0.6) is 0 Å². The minimum absolute atomic E-state index is 0.199. The molecule has 0 fully saturated rings. The van der Waals surface area contributed by atoms with Crippen molar-refractivity contribution >= 4 is 0 Å². The summed E-state index contributed by atoms with van der Waals surface area (Å²) in [5.74, 6) is 1.21. The molecule has 374 valence electrons. The van der Waals surface area contributed by atoms with Crippen LogP contribution in [0, 0.1) is 47.0 Å². The van der Waals surface area contributed by atoms with E-state index in [9.17, 15) is 0 Å². The predicted octanol–water partition coefficient (Wildman–Crippen LogP) is 20.5. The van der Waals surface area contributed by atoms with Gasteiger partial charge in [0.2, 0.25) is 0 Å². The fourth-order valence-corrected chi connectivity index (χ4v) is 11.6. The first-order chi connectivity index (χ1) is 34.9. The maximum absolute atomic E-state index is 4.54. The molecule has 0 heterocycles. The summed E-state index contributed by atoms with van der Waals surface area (Å²) in [5.41, 5.74) is 19.0. The minimum Gasteiger partial charge on any atom is -0.103 e. The fourth-order valence-electron chi connectivity index (χ4n) is 11.6. The Bertz CT molecular complexity index is 2730. The van der Waals surface area contributed by atoms with E-state index in [4.69, 9.17) is 0 Å². The molecule has 0 saturated carbocycles. The number of hydrogen-bond acceptors (Lipinski definition) is 0. The molecular formula is C72H86. The molecule has 0 spiro atoms. The normalized spacial score (nSPS) is 14.9. The van der Waals surface area contributed by atoms with Gasteiger partial charge in [0.05, 0.1) is 0 Å². The molecule has 0 radical (unpaired) electrons. The maximum atomic E-state index is 4.54. The van der Waals surface area contributed by atoms with Crippen LogP contribution < -0.4 is 0 Å². The van der Waals surface area contributed by atoms with Gasteiger partial charge in [-0.2, -0.15) is 0 Å². The molecule has 6 atom stereocenters. The van der Waals surface area contributed by atoms with Gasteiger partial charge in [0.1, 0.15) is 0 Å². The second kappa shape index (κ2) is 27.5. The highest BCUT2D eigenvalue weighted by atomic mass is 14.4. The molecule has 72 heavy (non-hydrogen) atoms. The molecule has 6 aromatic carbocycles. The average molecular weight is 951 g/mol. The van der Waals surface area contributed by atoms with Crippen molar-refractivity contribution in [3.8, 4) is 0 Å². The smallest absolute Gasteiger partial charge is 0.0103 e. The van der Waals surface area contributed by atoms with Crippen molar-refractivity contribution < 1.29 is 0 Å². The van der Waals surface area contributed by atoms with Crippen LogP contribution in [0.15, 0.2) is 220 Å². The zero-order valence-electron chi connectivity index (χ0n) is 45.3. The molecule has 6 unspecified atom stereocenters. The van der Waals surface area contributed by atoms with Gasteiger partial charge in [-0.25, -0.2) is 0 Å². The number of allylic oxidation sites excluding steroid dienone is 8. The minimum atomic E-state index is -0.329. The summed E-state index contributed by atoms with van der Waals surface area (Å²) in [7, 11) is 0. The maximum Gasteiger partial charge on any atom is 0.0103 e.